The molecule has 0 bridgehead atoms. The predicted octanol–water partition coefficient (Wildman–Crippen LogP) is 16.6. The Kier molecular flexibility index (Phi) is 9.35. The van der Waals surface area contributed by atoms with Crippen molar-refractivity contribution in [3.05, 3.63) is 212 Å². The first-order valence-electron chi connectivity index (χ1n) is 23.8. The normalized spacial score (nSPS) is 12.6. The summed E-state index contributed by atoms with van der Waals surface area (Å²) in [6, 6.07) is 81.5. The number of benzene rings is 11. The van der Waals surface area contributed by atoms with E-state index >= 15 is 0 Å². The van der Waals surface area contributed by atoms with Crippen LogP contribution in [0, 0.1) is 0 Å². The molecule has 1 aliphatic heterocycles. The van der Waals surface area contributed by atoms with Crippen LogP contribution in [0.4, 0.5) is 0 Å². The summed E-state index contributed by atoms with van der Waals surface area (Å²) in [4.78, 5) is 0. The lowest BCUT2D eigenvalue weighted by Gasteiger charge is -2.22. The molecule has 2 heteroatoms. The van der Waals surface area contributed by atoms with Gasteiger partial charge in [-0.25, -0.2) is 0 Å². The van der Waals surface area contributed by atoms with Gasteiger partial charge in [-0.3, -0.25) is 0 Å². The van der Waals surface area contributed by atoms with Crippen molar-refractivity contribution in [2.45, 2.75) is 38.7 Å². The van der Waals surface area contributed by atoms with Gasteiger partial charge in [0.2, 0.25) is 0 Å². The van der Waals surface area contributed by atoms with Gasteiger partial charge in [-0.05, 0) is 134 Å². The van der Waals surface area contributed by atoms with Crippen molar-refractivity contribution in [1.82, 2.24) is 4.57 Å². The molecule has 0 spiro atoms. The highest BCUT2D eigenvalue weighted by Crippen LogP contribution is 2.51. The summed E-state index contributed by atoms with van der Waals surface area (Å²) >= 11 is 0. The van der Waals surface area contributed by atoms with Crippen LogP contribution in [0.3, 0.4) is 0 Å². The summed E-state index contributed by atoms with van der Waals surface area (Å²) < 4.78 is 2.41. The first-order valence-corrected chi connectivity index (χ1v) is 25.5. The maximum Gasteiger partial charge on any atom is 0.123 e. The second-order valence-electron chi connectivity index (χ2n) is 18.2. The number of hydrogen-bond donors (Lipinski definition) is 0. The van der Waals surface area contributed by atoms with Crippen molar-refractivity contribution in [3.8, 4) is 50.2 Å². The summed E-state index contributed by atoms with van der Waals surface area (Å²) in [5.41, 5.74) is 14.2. The van der Waals surface area contributed by atoms with Crippen molar-refractivity contribution >= 4 is 84.1 Å². The van der Waals surface area contributed by atoms with Gasteiger partial charge in [-0.2, -0.15) is 0 Å². The van der Waals surface area contributed by atoms with Gasteiger partial charge in [0.05, 0.1) is 11.0 Å². The SMILES string of the molecule is CCCCCC[Si]1c2ccccc2-c2cc(-c3c4ccccc4c(-c4c5ccccc5c(-c5ccc6c(c5)c5ccccc5n6-c5ccccc5)c5ccccc45)c4ccccc34)ccc21. The van der Waals surface area contributed by atoms with Crippen LogP contribution >= 0.6 is 0 Å². The first kappa shape index (κ1) is 38.9. The molecule has 0 saturated carbocycles. The standard InChI is InChI=1S/C64H48NSi/c1-2-3-4-20-39-66-59-34-19-17-24-46(59)56-41-43(36-38-60(56)66)62-49-27-10-14-31-53(49)64(54-32-15-11-28-50(54)62)63-51-29-12-8-25-47(51)61(48-26-9-13-30-52(48)63)42-35-37-58-55(40-42)45-23-16-18-33-57(45)65(58)44-21-6-5-7-22-44/h5-19,21-38,40-41H,2-4,20,39H2,1H3. The molecule has 2 heterocycles. The highest BCUT2D eigenvalue weighted by Gasteiger charge is 2.31. The lowest BCUT2D eigenvalue weighted by atomic mass is 9.81. The molecule has 66 heavy (non-hydrogen) atoms. The Labute approximate surface area is 387 Å². The maximum atomic E-state index is 2.54. The van der Waals surface area contributed by atoms with Gasteiger partial charge < -0.3 is 4.57 Å². The minimum atomic E-state index is -0.827. The largest absolute Gasteiger partial charge is 0.309 e. The molecule has 1 aromatic heterocycles. The van der Waals surface area contributed by atoms with Crippen molar-refractivity contribution in [1.29, 1.82) is 0 Å². The van der Waals surface area contributed by atoms with Crippen LogP contribution in [0.25, 0.3) is 115 Å². The number of unbranched alkanes of at least 4 members (excludes halogenated alkanes) is 3. The van der Waals surface area contributed by atoms with Gasteiger partial charge in [0.25, 0.3) is 0 Å². The summed E-state index contributed by atoms with van der Waals surface area (Å²) in [5.74, 6) is 0. The maximum absolute atomic E-state index is 2.54. The molecule has 0 saturated heterocycles. The van der Waals surface area contributed by atoms with Crippen LogP contribution < -0.4 is 10.4 Å². The van der Waals surface area contributed by atoms with E-state index in [-0.39, 0.29) is 0 Å². The Morgan fingerprint density at radius 1 is 0.333 bits per heavy atom. The number of nitrogens with zero attached hydrogens (tertiary/aromatic N) is 1. The molecule has 1 nitrogen and oxygen atoms in total. The molecular weight excluding hydrogens is 811 g/mol. The number of aromatic nitrogens is 1. The Morgan fingerprint density at radius 2 is 0.788 bits per heavy atom. The van der Waals surface area contributed by atoms with E-state index in [1.54, 1.807) is 10.4 Å². The average molecular weight is 859 g/mol. The zero-order valence-corrected chi connectivity index (χ0v) is 38.2. The third kappa shape index (κ3) is 5.98. The second kappa shape index (κ2) is 15.9. The monoisotopic (exact) mass is 858 g/mol. The fourth-order valence-corrected chi connectivity index (χ4v) is 14.8. The van der Waals surface area contributed by atoms with E-state index in [0.29, 0.717) is 0 Å². The highest BCUT2D eigenvalue weighted by atomic mass is 28.3. The first-order chi connectivity index (χ1) is 32.8. The van der Waals surface area contributed by atoms with Crippen LogP contribution in [0.15, 0.2) is 212 Å². The Hall–Kier alpha value is -7.52. The number of para-hydroxylation sites is 2. The van der Waals surface area contributed by atoms with Crippen LogP contribution in [0.5, 0.6) is 0 Å². The van der Waals surface area contributed by atoms with Crippen molar-refractivity contribution in [2.75, 3.05) is 0 Å². The Balaban J connectivity index is 1.04. The lowest BCUT2D eigenvalue weighted by Crippen LogP contribution is -2.37. The van der Waals surface area contributed by atoms with Crippen molar-refractivity contribution < 1.29 is 0 Å². The lowest BCUT2D eigenvalue weighted by molar-refractivity contribution is 0.700. The van der Waals surface area contributed by atoms with Gasteiger partial charge in [0.1, 0.15) is 8.80 Å². The number of hydrogen-bond acceptors (Lipinski definition) is 0. The van der Waals surface area contributed by atoms with Crippen LogP contribution in [-0.4, -0.2) is 13.4 Å². The fraction of sp³-hybridized carbons (Fsp3) is 0.0938. The summed E-state index contributed by atoms with van der Waals surface area (Å²) in [7, 11) is -0.827. The molecule has 11 aromatic carbocycles. The van der Waals surface area contributed by atoms with Gasteiger partial charge in [0, 0.05) is 16.5 Å². The van der Waals surface area contributed by atoms with E-state index in [1.165, 1.54) is 147 Å². The molecule has 0 fully saturated rings. The van der Waals surface area contributed by atoms with Crippen LogP contribution in [0.1, 0.15) is 32.6 Å². The molecule has 313 valence electrons. The molecule has 1 radical (unpaired) electrons. The van der Waals surface area contributed by atoms with E-state index in [1.807, 2.05) is 0 Å². The van der Waals surface area contributed by atoms with E-state index in [2.05, 4.69) is 224 Å². The van der Waals surface area contributed by atoms with Gasteiger partial charge in [-0.15, -0.1) is 0 Å². The third-order valence-corrected chi connectivity index (χ3v) is 17.6. The summed E-state index contributed by atoms with van der Waals surface area (Å²) in [6.45, 7) is 2.31. The van der Waals surface area contributed by atoms with E-state index in [9.17, 15) is 0 Å². The molecule has 1 aliphatic rings. The van der Waals surface area contributed by atoms with Crippen LogP contribution in [-0.2, 0) is 0 Å². The third-order valence-electron chi connectivity index (χ3n) is 14.5. The highest BCUT2D eigenvalue weighted by molar-refractivity contribution is 6.89. The van der Waals surface area contributed by atoms with E-state index in [4.69, 9.17) is 0 Å². The number of fused-ring (bicyclic) bond motifs is 10. The van der Waals surface area contributed by atoms with Crippen molar-refractivity contribution in [3.63, 3.8) is 0 Å². The molecule has 12 aromatic rings. The predicted molar refractivity (Wildman–Crippen MR) is 287 cm³/mol. The average Bonchev–Trinajstić information content (AvgIpc) is 3.88. The molecule has 0 unspecified atom stereocenters. The molecule has 0 amide bonds. The minimum Gasteiger partial charge on any atom is -0.309 e. The molecule has 13 rings (SSSR count). The smallest absolute Gasteiger partial charge is 0.123 e. The Morgan fingerprint density at radius 3 is 1.38 bits per heavy atom. The topological polar surface area (TPSA) is 4.93 Å². The quantitative estimate of drug-likeness (QED) is 0.0774. The van der Waals surface area contributed by atoms with E-state index in [0.717, 1.165) is 0 Å². The summed E-state index contributed by atoms with van der Waals surface area (Å²) in [6.07, 6.45) is 5.24. The molecule has 0 N–H and O–H groups in total. The second-order valence-corrected chi connectivity index (χ2v) is 20.7. The van der Waals surface area contributed by atoms with Crippen LogP contribution in [0.2, 0.25) is 6.04 Å². The van der Waals surface area contributed by atoms with Gasteiger partial charge in [-0.1, -0.05) is 215 Å². The van der Waals surface area contributed by atoms with Gasteiger partial charge in [0.15, 0.2) is 0 Å². The zero-order valence-electron chi connectivity index (χ0n) is 37.2. The van der Waals surface area contributed by atoms with Crippen molar-refractivity contribution in [2.24, 2.45) is 0 Å². The molecule has 0 atom stereocenters. The molecule has 0 aliphatic carbocycles. The number of rotatable bonds is 9. The Bertz CT molecular complexity index is 3760. The van der Waals surface area contributed by atoms with Gasteiger partial charge >= 0.3 is 0 Å². The van der Waals surface area contributed by atoms with E-state index < -0.39 is 8.80 Å². The molecular formula is C64H48NSi. The minimum absolute atomic E-state index is 0.827. The summed E-state index contributed by atoms with van der Waals surface area (Å²) in [5, 5.41) is 15.9. The zero-order chi connectivity index (χ0) is 43.7. The fourth-order valence-electron chi connectivity index (χ4n) is 11.7.